The van der Waals surface area contributed by atoms with Gasteiger partial charge in [0.2, 0.25) is 11.8 Å². The molecular weight excluding hydrogens is 349 g/mol. The minimum Gasteiger partial charge on any atom is -0.467 e. The fourth-order valence-electron chi connectivity index (χ4n) is 3.32. The molecule has 1 aromatic heterocycles. The molecule has 27 heavy (non-hydrogen) atoms. The summed E-state index contributed by atoms with van der Waals surface area (Å²) in [4.78, 5) is 28.3. The van der Waals surface area contributed by atoms with E-state index in [9.17, 15) is 14.0 Å². The van der Waals surface area contributed by atoms with E-state index in [1.165, 1.54) is 12.1 Å². The highest BCUT2D eigenvalue weighted by Gasteiger charge is 2.34. The van der Waals surface area contributed by atoms with Gasteiger partial charge in [0, 0.05) is 19.5 Å². The van der Waals surface area contributed by atoms with E-state index in [4.69, 9.17) is 4.42 Å². The van der Waals surface area contributed by atoms with E-state index in [2.05, 4.69) is 5.32 Å². The summed E-state index contributed by atoms with van der Waals surface area (Å²) in [5.41, 5.74) is 0.920. The molecule has 1 aliphatic rings. The van der Waals surface area contributed by atoms with Crippen LogP contribution in [0.2, 0.25) is 0 Å². The third kappa shape index (κ3) is 4.74. The van der Waals surface area contributed by atoms with Gasteiger partial charge < -0.3 is 19.5 Å². The van der Waals surface area contributed by atoms with Crippen LogP contribution in [0.25, 0.3) is 0 Å². The number of halogens is 1. The average molecular weight is 373 g/mol. The summed E-state index contributed by atoms with van der Waals surface area (Å²) in [6, 6.07) is 9.77. The van der Waals surface area contributed by atoms with Crippen molar-refractivity contribution in [1.29, 1.82) is 0 Å². The van der Waals surface area contributed by atoms with Crippen molar-refractivity contribution >= 4 is 11.8 Å². The van der Waals surface area contributed by atoms with Gasteiger partial charge in [-0.15, -0.1) is 0 Å². The maximum atomic E-state index is 13.2. The standard InChI is InChI=1S/C20H24FN3O3/c1-23(2)18(14-5-7-16(21)8-6-14)11-22-20(26)15-10-19(25)24(12-15)13-17-4-3-9-27-17/h3-9,15,18H,10-13H2,1-2H3,(H,22,26). The Morgan fingerprint density at radius 3 is 2.70 bits per heavy atom. The fourth-order valence-corrected chi connectivity index (χ4v) is 3.32. The number of amides is 2. The summed E-state index contributed by atoms with van der Waals surface area (Å²) in [5, 5.41) is 2.94. The second-order valence-corrected chi connectivity index (χ2v) is 7.03. The maximum absolute atomic E-state index is 13.2. The van der Waals surface area contributed by atoms with Crippen LogP contribution in [0.4, 0.5) is 4.39 Å². The van der Waals surface area contributed by atoms with Gasteiger partial charge in [-0.2, -0.15) is 0 Å². The van der Waals surface area contributed by atoms with E-state index in [0.717, 1.165) is 5.56 Å². The number of hydrogen-bond donors (Lipinski definition) is 1. The molecule has 0 radical (unpaired) electrons. The van der Waals surface area contributed by atoms with Gasteiger partial charge in [0.15, 0.2) is 0 Å². The molecule has 1 saturated heterocycles. The van der Waals surface area contributed by atoms with Crippen LogP contribution in [-0.4, -0.2) is 48.8 Å². The zero-order valence-electron chi connectivity index (χ0n) is 15.5. The molecule has 0 aliphatic carbocycles. The van der Waals surface area contributed by atoms with Crippen molar-refractivity contribution in [3.8, 4) is 0 Å². The number of nitrogens with zero attached hydrogens (tertiary/aromatic N) is 2. The van der Waals surface area contributed by atoms with Crippen LogP contribution in [0.3, 0.4) is 0 Å². The van der Waals surface area contributed by atoms with Crippen LogP contribution in [0.5, 0.6) is 0 Å². The molecule has 0 bridgehead atoms. The predicted molar refractivity (Wildman–Crippen MR) is 98.1 cm³/mol. The topological polar surface area (TPSA) is 65.8 Å². The number of likely N-dealkylation sites (N-methyl/N-ethyl adjacent to an activating group) is 1. The SMILES string of the molecule is CN(C)C(CNC(=O)C1CC(=O)N(Cc2ccco2)C1)c1ccc(F)cc1. The molecular formula is C20H24FN3O3. The van der Waals surface area contributed by atoms with Crippen molar-refractivity contribution in [1.82, 2.24) is 15.1 Å². The normalized spacial score (nSPS) is 18.1. The van der Waals surface area contributed by atoms with Gasteiger partial charge in [-0.3, -0.25) is 9.59 Å². The first-order valence-electron chi connectivity index (χ1n) is 8.94. The van der Waals surface area contributed by atoms with Crippen LogP contribution in [0.1, 0.15) is 23.8 Å². The zero-order chi connectivity index (χ0) is 19.4. The first-order valence-corrected chi connectivity index (χ1v) is 8.94. The summed E-state index contributed by atoms with van der Waals surface area (Å²) in [7, 11) is 3.81. The van der Waals surface area contributed by atoms with E-state index in [0.29, 0.717) is 25.4 Å². The van der Waals surface area contributed by atoms with Gasteiger partial charge in [0.1, 0.15) is 11.6 Å². The first-order chi connectivity index (χ1) is 12.9. The molecule has 144 valence electrons. The van der Waals surface area contributed by atoms with Crippen molar-refractivity contribution in [2.75, 3.05) is 27.2 Å². The minimum absolute atomic E-state index is 0.0470. The third-order valence-corrected chi connectivity index (χ3v) is 4.86. The highest BCUT2D eigenvalue weighted by molar-refractivity contribution is 5.89. The van der Waals surface area contributed by atoms with Gasteiger partial charge in [-0.05, 0) is 43.9 Å². The van der Waals surface area contributed by atoms with Crippen LogP contribution in [0.15, 0.2) is 47.1 Å². The molecule has 1 aliphatic heterocycles. The smallest absolute Gasteiger partial charge is 0.225 e. The van der Waals surface area contributed by atoms with Crippen LogP contribution in [0, 0.1) is 11.7 Å². The number of carbonyl (C=O) groups excluding carboxylic acids is 2. The number of likely N-dealkylation sites (tertiary alicyclic amines) is 1. The summed E-state index contributed by atoms with van der Waals surface area (Å²) in [5.74, 6) is -0.146. The zero-order valence-corrected chi connectivity index (χ0v) is 15.5. The van der Waals surface area contributed by atoms with Crippen LogP contribution >= 0.6 is 0 Å². The molecule has 6 nitrogen and oxygen atoms in total. The summed E-state index contributed by atoms with van der Waals surface area (Å²) in [6.45, 7) is 1.15. The Balaban J connectivity index is 1.56. The summed E-state index contributed by atoms with van der Waals surface area (Å²) >= 11 is 0. The van der Waals surface area contributed by atoms with E-state index in [-0.39, 0.29) is 36.0 Å². The van der Waals surface area contributed by atoms with Gasteiger partial charge in [-0.1, -0.05) is 12.1 Å². The molecule has 0 saturated carbocycles. The van der Waals surface area contributed by atoms with Gasteiger partial charge in [-0.25, -0.2) is 4.39 Å². The second-order valence-electron chi connectivity index (χ2n) is 7.03. The largest absolute Gasteiger partial charge is 0.467 e. The Labute approximate surface area is 157 Å². The second kappa shape index (κ2) is 8.35. The monoisotopic (exact) mass is 373 g/mol. The van der Waals surface area contributed by atoms with Crippen molar-refractivity contribution in [2.45, 2.75) is 19.0 Å². The number of hydrogen-bond acceptors (Lipinski definition) is 4. The summed E-state index contributed by atoms with van der Waals surface area (Å²) < 4.78 is 18.4. The molecule has 7 heteroatoms. The van der Waals surface area contributed by atoms with Crippen molar-refractivity contribution in [2.24, 2.45) is 5.92 Å². The van der Waals surface area contributed by atoms with Gasteiger partial charge in [0.25, 0.3) is 0 Å². The lowest BCUT2D eigenvalue weighted by Gasteiger charge is -2.25. The number of rotatable bonds is 7. The van der Waals surface area contributed by atoms with E-state index < -0.39 is 0 Å². The number of carbonyl (C=O) groups is 2. The summed E-state index contributed by atoms with van der Waals surface area (Å²) in [6.07, 6.45) is 1.77. The fraction of sp³-hybridized carbons (Fsp3) is 0.400. The Morgan fingerprint density at radius 1 is 1.33 bits per heavy atom. The quantitative estimate of drug-likeness (QED) is 0.808. The van der Waals surface area contributed by atoms with Gasteiger partial charge >= 0.3 is 0 Å². The molecule has 2 heterocycles. The highest BCUT2D eigenvalue weighted by atomic mass is 19.1. The lowest BCUT2D eigenvalue weighted by molar-refractivity contribution is -0.129. The Hall–Kier alpha value is -2.67. The third-order valence-electron chi connectivity index (χ3n) is 4.86. The number of benzene rings is 1. The van der Waals surface area contributed by atoms with E-state index in [1.807, 2.05) is 25.1 Å². The first kappa shape index (κ1) is 19.1. The Morgan fingerprint density at radius 2 is 2.07 bits per heavy atom. The van der Waals surface area contributed by atoms with Crippen LogP contribution in [-0.2, 0) is 16.1 Å². The molecule has 2 amide bonds. The maximum Gasteiger partial charge on any atom is 0.225 e. The molecule has 0 spiro atoms. The van der Waals surface area contributed by atoms with Crippen molar-refractivity contribution in [3.05, 3.63) is 59.8 Å². The van der Waals surface area contributed by atoms with Crippen molar-refractivity contribution in [3.63, 3.8) is 0 Å². The molecule has 2 atom stereocenters. The molecule has 2 unspecified atom stereocenters. The van der Waals surface area contributed by atoms with E-state index in [1.54, 1.807) is 29.4 Å². The van der Waals surface area contributed by atoms with Crippen molar-refractivity contribution < 1.29 is 18.4 Å². The van der Waals surface area contributed by atoms with Crippen LogP contribution < -0.4 is 5.32 Å². The molecule has 2 aromatic rings. The Kier molecular flexibility index (Phi) is 5.91. The molecule has 3 rings (SSSR count). The molecule has 1 aromatic carbocycles. The lowest BCUT2D eigenvalue weighted by atomic mass is 10.0. The lowest BCUT2D eigenvalue weighted by Crippen LogP contribution is -2.38. The number of furan rings is 1. The average Bonchev–Trinajstić information content (AvgIpc) is 3.27. The minimum atomic E-state index is -0.372. The number of nitrogens with one attached hydrogen (secondary N) is 1. The predicted octanol–water partition coefficient (Wildman–Crippen LogP) is 2.19. The molecule has 1 N–H and O–H groups in total. The van der Waals surface area contributed by atoms with E-state index >= 15 is 0 Å². The Bertz CT molecular complexity index is 774. The highest BCUT2D eigenvalue weighted by Crippen LogP contribution is 2.22. The van der Waals surface area contributed by atoms with Gasteiger partial charge in [0.05, 0.1) is 24.8 Å². The molecule has 1 fully saturated rings.